The highest BCUT2D eigenvalue weighted by Gasteiger charge is 2.55. The summed E-state index contributed by atoms with van der Waals surface area (Å²) in [7, 11) is 1.67. The van der Waals surface area contributed by atoms with Crippen molar-refractivity contribution in [2.24, 2.45) is 0 Å². The Kier molecular flexibility index (Phi) is 4.93. The van der Waals surface area contributed by atoms with Crippen LogP contribution in [0.15, 0.2) is 24.3 Å². The Bertz CT molecular complexity index is 629. The number of nitrogens with zero attached hydrogens (tertiary/aromatic N) is 2. The lowest BCUT2D eigenvalue weighted by Crippen LogP contribution is -2.64. The van der Waals surface area contributed by atoms with Crippen molar-refractivity contribution in [2.45, 2.75) is 50.1 Å². The molecule has 2 aliphatic heterocycles. The molecular weight excluding hydrogens is 328 g/mol. The van der Waals surface area contributed by atoms with Crippen molar-refractivity contribution in [3.8, 4) is 5.75 Å². The minimum atomic E-state index is -0.271. The fourth-order valence-corrected chi connectivity index (χ4v) is 4.63. The van der Waals surface area contributed by atoms with Crippen LogP contribution >= 0.6 is 0 Å². The van der Waals surface area contributed by atoms with Crippen molar-refractivity contribution in [1.82, 2.24) is 9.80 Å². The van der Waals surface area contributed by atoms with E-state index in [2.05, 4.69) is 28.9 Å². The summed E-state index contributed by atoms with van der Waals surface area (Å²) in [5.41, 5.74) is 0.871. The Labute approximate surface area is 156 Å². The summed E-state index contributed by atoms with van der Waals surface area (Å²) in [5, 5.41) is 0. The molecule has 1 aliphatic carbocycles. The van der Waals surface area contributed by atoms with Crippen LogP contribution in [0.5, 0.6) is 5.75 Å². The Balaban J connectivity index is 1.37. The van der Waals surface area contributed by atoms with Crippen molar-refractivity contribution in [3.05, 3.63) is 29.8 Å². The third-order valence-electron chi connectivity index (χ3n) is 6.45. The zero-order valence-corrected chi connectivity index (χ0v) is 15.9. The predicted molar refractivity (Wildman–Crippen MR) is 100 cm³/mol. The number of carbonyl (C=O) groups excluding carboxylic acids is 1. The van der Waals surface area contributed by atoms with E-state index in [1.54, 1.807) is 7.11 Å². The number of methoxy groups -OCH3 is 1. The lowest BCUT2D eigenvalue weighted by molar-refractivity contribution is -0.143. The van der Waals surface area contributed by atoms with Crippen LogP contribution in [0.1, 0.15) is 38.2 Å². The normalized spacial score (nSPS) is 23.0. The molecule has 0 unspecified atom stereocenters. The van der Waals surface area contributed by atoms with E-state index in [0.29, 0.717) is 18.0 Å². The maximum absolute atomic E-state index is 13.2. The average Bonchev–Trinajstić information content (AvgIpc) is 3.46. The van der Waals surface area contributed by atoms with E-state index in [-0.39, 0.29) is 5.41 Å². The molecule has 2 saturated heterocycles. The van der Waals surface area contributed by atoms with Crippen molar-refractivity contribution in [1.29, 1.82) is 0 Å². The highest BCUT2D eigenvalue weighted by molar-refractivity contribution is 5.92. The van der Waals surface area contributed by atoms with Crippen LogP contribution in [0.25, 0.3) is 0 Å². The summed E-state index contributed by atoms with van der Waals surface area (Å²) in [6, 6.07) is 9.17. The zero-order chi connectivity index (χ0) is 18.1. The molecule has 1 aromatic rings. The van der Waals surface area contributed by atoms with Gasteiger partial charge in [0, 0.05) is 38.4 Å². The van der Waals surface area contributed by atoms with Gasteiger partial charge >= 0.3 is 0 Å². The third kappa shape index (κ3) is 3.12. The van der Waals surface area contributed by atoms with Gasteiger partial charge in [-0.1, -0.05) is 19.1 Å². The molecule has 26 heavy (non-hydrogen) atoms. The van der Waals surface area contributed by atoms with E-state index < -0.39 is 0 Å². The molecule has 0 atom stereocenters. The summed E-state index contributed by atoms with van der Waals surface area (Å²) < 4.78 is 10.7. The standard InChI is InChI=1S/C21H30N2O3/c1-3-23(17-8-12-26-13-9-17)18-14-22(15-18)20(24)21(10-11-21)16-4-6-19(25-2)7-5-16/h4-7,17-18H,3,8-15H2,1-2H3. The molecule has 5 heteroatoms. The maximum Gasteiger partial charge on any atom is 0.233 e. The number of likely N-dealkylation sites (tertiary alicyclic amines) is 1. The van der Waals surface area contributed by atoms with Gasteiger partial charge in [0.15, 0.2) is 0 Å². The Morgan fingerprint density at radius 1 is 1.19 bits per heavy atom. The van der Waals surface area contributed by atoms with Crippen molar-refractivity contribution >= 4 is 5.91 Å². The van der Waals surface area contributed by atoms with E-state index >= 15 is 0 Å². The van der Waals surface area contributed by atoms with E-state index in [4.69, 9.17) is 9.47 Å². The maximum atomic E-state index is 13.2. The molecule has 4 rings (SSSR count). The fourth-order valence-electron chi connectivity index (χ4n) is 4.63. The van der Waals surface area contributed by atoms with Crippen molar-refractivity contribution in [2.75, 3.05) is 40.0 Å². The Morgan fingerprint density at radius 3 is 2.38 bits per heavy atom. The Hall–Kier alpha value is -1.59. The molecule has 0 radical (unpaired) electrons. The van der Waals surface area contributed by atoms with Crippen LogP contribution in [-0.4, -0.2) is 67.7 Å². The molecule has 1 amide bonds. The number of rotatable bonds is 6. The molecule has 0 bridgehead atoms. The fraction of sp³-hybridized carbons (Fsp3) is 0.667. The number of hydrogen-bond donors (Lipinski definition) is 0. The number of hydrogen-bond acceptors (Lipinski definition) is 4. The molecular formula is C21H30N2O3. The number of ether oxygens (including phenoxy) is 2. The van der Waals surface area contributed by atoms with Gasteiger partial charge in [-0.15, -0.1) is 0 Å². The lowest BCUT2D eigenvalue weighted by Gasteiger charge is -2.49. The monoisotopic (exact) mass is 358 g/mol. The van der Waals surface area contributed by atoms with Gasteiger partial charge in [-0.2, -0.15) is 0 Å². The quantitative estimate of drug-likeness (QED) is 0.783. The molecule has 3 fully saturated rings. The first-order valence-corrected chi connectivity index (χ1v) is 9.95. The van der Waals surface area contributed by atoms with Crippen molar-refractivity contribution < 1.29 is 14.3 Å². The lowest BCUT2D eigenvalue weighted by atomic mass is 9.91. The summed E-state index contributed by atoms with van der Waals surface area (Å²) in [4.78, 5) is 17.8. The van der Waals surface area contributed by atoms with Gasteiger partial charge in [-0.25, -0.2) is 0 Å². The van der Waals surface area contributed by atoms with Crippen LogP contribution in [-0.2, 0) is 14.9 Å². The average molecular weight is 358 g/mol. The second-order valence-corrected chi connectivity index (χ2v) is 7.85. The highest BCUT2D eigenvalue weighted by Crippen LogP contribution is 2.50. The first kappa shape index (κ1) is 17.8. The van der Waals surface area contributed by atoms with E-state index in [0.717, 1.165) is 69.8 Å². The topological polar surface area (TPSA) is 42.0 Å². The molecule has 0 N–H and O–H groups in total. The number of carbonyl (C=O) groups is 1. The largest absolute Gasteiger partial charge is 0.497 e. The summed E-state index contributed by atoms with van der Waals surface area (Å²) in [6.45, 7) is 6.79. The molecule has 1 aromatic carbocycles. The van der Waals surface area contributed by atoms with Gasteiger partial charge in [0.1, 0.15) is 5.75 Å². The van der Waals surface area contributed by atoms with Crippen LogP contribution in [0.4, 0.5) is 0 Å². The predicted octanol–water partition coefficient (Wildman–Crippen LogP) is 2.44. The highest BCUT2D eigenvalue weighted by atomic mass is 16.5. The Morgan fingerprint density at radius 2 is 1.85 bits per heavy atom. The first-order valence-electron chi connectivity index (χ1n) is 9.95. The van der Waals surface area contributed by atoms with Gasteiger partial charge in [-0.05, 0) is 49.9 Å². The van der Waals surface area contributed by atoms with Gasteiger partial charge in [0.2, 0.25) is 5.91 Å². The summed E-state index contributed by atoms with van der Waals surface area (Å²) >= 11 is 0. The SMILES string of the molecule is CCN(C1CCOCC1)C1CN(C(=O)C2(c3ccc(OC)cc3)CC2)C1. The van der Waals surface area contributed by atoms with Crippen molar-refractivity contribution in [3.63, 3.8) is 0 Å². The van der Waals surface area contributed by atoms with Gasteiger partial charge in [-0.3, -0.25) is 9.69 Å². The zero-order valence-electron chi connectivity index (χ0n) is 15.9. The van der Waals surface area contributed by atoms with Crippen LogP contribution in [0.2, 0.25) is 0 Å². The summed E-state index contributed by atoms with van der Waals surface area (Å²) in [5.74, 6) is 1.16. The van der Waals surface area contributed by atoms with E-state index in [9.17, 15) is 4.79 Å². The minimum absolute atomic E-state index is 0.271. The third-order valence-corrected chi connectivity index (χ3v) is 6.45. The van der Waals surface area contributed by atoms with Gasteiger partial charge in [0.05, 0.1) is 12.5 Å². The number of likely N-dealkylation sites (N-methyl/N-ethyl adjacent to an activating group) is 1. The molecule has 5 nitrogen and oxygen atoms in total. The van der Waals surface area contributed by atoms with E-state index in [1.165, 1.54) is 0 Å². The minimum Gasteiger partial charge on any atom is -0.497 e. The smallest absolute Gasteiger partial charge is 0.233 e. The van der Waals surface area contributed by atoms with Crippen LogP contribution in [0, 0.1) is 0 Å². The molecule has 142 valence electrons. The molecule has 3 aliphatic rings. The number of amides is 1. The first-order chi connectivity index (χ1) is 12.7. The van der Waals surface area contributed by atoms with Gasteiger partial charge in [0.25, 0.3) is 0 Å². The second-order valence-electron chi connectivity index (χ2n) is 7.85. The van der Waals surface area contributed by atoms with Crippen LogP contribution < -0.4 is 4.74 Å². The van der Waals surface area contributed by atoms with E-state index in [1.807, 2.05) is 12.1 Å². The van der Waals surface area contributed by atoms with Crippen LogP contribution in [0.3, 0.4) is 0 Å². The van der Waals surface area contributed by atoms with Gasteiger partial charge < -0.3 is 14.4 Å². The summed E-state index contributed by atoms with van der Waals surface area (Å²) in [6.07, 6.45) is 4.18. The number of benzene rings is 1. The molecule has 0 aromatic heterocycles. The molecule has 2 heterocycles. The second kappa shape index (κ2) is 7.20. The molecule has 0 spiro atoms. The molecule has 1 saturated carbocycles.